The summed E-state index contributed by atoms with van der Waals surface area (Å²) in [7, 11) is 3.66. The number of hydrogen-bond donors (Lipinski definition) is 2. The van der Waals surface area contributed by atoms with Gasteiger partial charge in [-0.15, -0.1) is 4.68 Å². The second-order valence-electron chi connectivity index (χ2n) is 6.14. The van der Waals surface area contributed by atoms with E-state index in [1.54, 1.807) is 42.5 Å². The van der Waals surface area contributed by atoms with E-state index < -0.39 is 23.8 Å². The molecule has 3 rings (SSSR count). The van der Waals surface area contributed by atoms with E-state index in [0.717, 1.165) is 5.69 Å². The Hall–Kier alpha value is -3.88. The van der Waals surface area contributed by atoms with Crippen LogP contribution in [0, 0.1) is 0 Å². The number of nitrogens with one attached hydrogen (secondary N) is 1. The number of benzene rings is 2. The molecule has 3 aromatic rings. The topological polar surface area (TPSA) is 117 Å². The molecule has 0 bridgehead atoms. The number of rotatable bonds is 6. The number of anilines is 1. The maximum atomic E-state index is 12.5. The standard InChI is InChI=1S/C19H18N4O5/c1-22(2)13-8-7-12(16(9-13)28-11-17(24)25)10-20-23-18(26)14-5-3-4-6-15(14)21-19(23)27/h3-10H,11H2,1-2H3,(H,21,27)(H,24,25). The molecule has 0 spiro atoms. The summed E-state index contributed by atoms with van der Waals surface area (Å²) < 4.78 is 6.03. The van der Waals surface area contributed by atoms with Gasteiger partial charge >= 0.3 is 11.7 Å². The molecule has 0 atom stereocenters. The van der Waals surface area contributed by atoms with Gasteiger partial charge in [-0.1, -0.05) is 12.1 Å². The van der Waals surface area contributed by atoms with Crippen LogP contribution in [0.3, 0.4) is 0 Å². The van der Waals surface area contributed by atoms with Crippen LogP contribution in [0.25, 0.3) is 10.9 Å². The number of ether oxygens (including phenoxy) is 1. The Kier molecular flexibility index (Phi) is 5.25. The highest BCUT2D eigenvalue weighted by Crippen LogP contribution is 2.24. The van der Waals surface area contributed by atoms with Gasteiger partial charge < -0.3 is 19.7 Å². The van der Waals surface area contributed by atoms with Crippen molar-refractivity contribution in [2.75, 3.05) is 25.6 Å². The first-order valence-electron chi connectivity index (χ1n) is 8.31. The Bertz CT molecular complexity index is 1180. The van der Waals surface area contributed by atoms with Gasteiger partial charge in [-0.05, 0) is 24.3 Å². The average Bonchev–Trinajstić information content (AvgIpc) is 2.66. The molecule has 2 N–H and O–H groups in total. The average molecular weight is 382 g/mol. The van der Waals surface area contributed by atoms with Gasteiger partial charge in [0.2, 0.25) is 0 Å². The van der Waals surface area contributed by atoms with Crippen molar-refractivity contribution in [1.82, 2.24) is 9.66 Å². The van der Waals surface area contributed by atoms with E-state index in [-0.39, 0.29) is 5.75 Å². The van der Waals surface area contributed by atoms with Crippen molar-refractivity contribution in [1.29, 1.82) is 0 Å². The number of carbonyl (C=O) groups is 1. The van der Waals surface area contributed by atoms with Crippen molar-refractivity contribution in [3.63, 3.8) is 0 Å². The molecule has 1 aromatic heterocycles. The SMILES string of the molecule is CN(C)c1ccc(C=Nn2c(=O)[nH]c3ccccc3c2=O)c(OCC(=O)O)c1. The van der Waals surface area contributed by atoms with Crippen LogP contribution in [-0.2, 0) is 4.79 Å². The van der Waals surface area contributed by atoms with Crippen LogP contribution in [0.5, 0.6) is 5.75 Å². The highest BCUT2D eigenvalue weighted by molar-refractivity contribution is 5.85. The second kappa shape index (κ2) is 7.78. The largest absolute Gasteiger partial charge is 0.481 e. The lowest BCUT2D eigenvalue weighted by Crippen LogP contribution is -2.32. The number of nitrogens with zero attached hydrogens (tertiary/aromatic N) is 3. The summed E-state index contributed by atoms with van der Waals surface area (Å²) in [5.74, 6) is -0.858. The number of aromatic amines is 1. The van der Waals surface area contributed by atoms with Gasteiger partial charge in [-0.25, -0.2) is 9.59 Å². The van der Waals surface area contributed by atoms with Gasteiger partial charge in [0.05, 0.1) is 17.1 Å². The van der Waals surface area contributed by atoms with Crippen molar-refractivity contribution < 1.29 is 14.6 Å². The van der Waals surface area contributed by atoms with E-state index in [4.69, 9.17) is 9.84 Å². The number of para-hydroxylation sites is 1. The van der Waals surface area contributed by atoms with Gasteiger partial charge in [0.1, 0.15) is 5.75 Å². The van der Waals surface area contributed by atoms with E-state index in [0.29, 0.717) is 21.1 Å². The van der Waals surface area contributed by atoms with Gasteiger partial charge in [-0.2, -0.15) is 5.10 Å². The van der Waals surface area contributed by atoms with Crippen molar-refractivity contribution in [3.8, 4) is 5.75 Å². The monoisotopic (exact) mass is 382 g/mol. The molecular weight excluding hydrogens is 364 g/mol. The van der Waals surface area contributed by atoms with Crippen molar-refractivity contribution >= 4 is 28.8 Å². The number of hydrogen-bond acceptors (Lipinski definition) is 6. The minimum absolute atomic E-state index is 0.266. The lowest BCUT2D eigenvalue weighted by atomic mass is 10.2. The van der Waals surface area contributed by atoms with Gasteiger partial charge in [0.15, 0.2) is 6.61 Å². The number of fused-ring (bicyclic) bond motifs is 1. The molecule has 2 aromatic carbocycles. The number of aliphatic carboxylic acids is 1. The fourth-order valence-corrected chi connectivity index (χ4v) is 2.55. The lowest BCUT2D eigenvalue weighted by Gasteiger charge is -2.15. The molecule has 0 aliphatic rings. The zero-order valence-electron chi connectivity index (χ0n) is 15.2. The Balaban J connectivity index is 2.04. The lowest BCUT2D eigenvalue weighted by molar-refractivity contribution is -0.139. The molecule has 0 aliphatic heterocycles. The third-order valence-electron chi connectivity index (χ3n) is 3.96. The molecule has 1 heterocycles. The number of aromatic nitrogens is 2. The van der Waals surface area contributed by atoms with E-state index in [2.05, 4.69) is 10.1 Å². The summed E-state index contributed by atoms with van der Waals surface area (Å²) in [6, 6.07) is 11.7. The molecular formula is C19H18N4O5. The minimum Gasteiger partial charge on any atom is -0.481 e. The Labute approximate surface area is 159 Å². The minimum atomic E-state index is -1.12. The van der Waals surface area contributed by atoms with E-state index in [1.165, 1.54) is 6.21 Å². The third-order valence-corrected chi connectivity index (χ3v) is 3.96. The van der Waals surface area contributed by atoms with Gasteiger partial charge in [-0.3, -0.25) is 4.79 Å². The second-order valence-corrected chi connectivity index (χ2v) is 6.14. The summed E-state index contributed by atoms with van der Waals surface area (Å²) in [6.07, 6.45) is 1.28. The quantitative estimate of drug-likeness (QED) is 0.617. The van der Waals surface area contributed by atoms with E-state index >= 15 is 0 Å². The summed E-state index contributed by atoms with van der Waals surface area (Å²) >= 11 is 0. The molecule has 0 unspecified atom stereocenters. The molecule has 0 saturated heterocycles. The zero-order chi connectivity index (χ0) is 20.3. The molecule has 0 radical (unpaired) electrons. The van der Waals surface area contributed by atoms with Crippen LogP contribution in [0.15, 0.2) is 57.2 Å². The van der Waals surface area contributed by atoms with Gasteiger partial charge in [0.25, 0.3) is 5.56 Å². The number of H-pyrrole nitrogens is 1. The first-order chi connectivity index (χ1) is 13.4. The fourth-order valence-electron chi connectivity index (χ4n) is 2.55. The van der Waals surface area contributed by atoms with Crippen molar-refractivity contribution in [2.45, 2.75) is 0 Å². The molecule has 0 fully saturated rings. The highest BCUT2D eigenvalue weighted by atomic mass is 16.5. The van der Waals surface area contributed by atoms with Crippen LogP contribution >= 0.6 is 0 Å². The Morgan fingerprint density at radius 1 is 1.25 bits per heavy atom. The fraction of sp³-hybridized carbons (Fsp3) is 0.158. The van der Waals surface area contributed by atoms with Crippen molar-refractivity contribution in [2.24, 2.45) is 5.10 Å². The van der Waals surface area contributed by atoms with Crippen molar-refractivity contribution in [3.05, 3.63) is 68.9 Å². The number of carboxylic acids is 1. The van der Waals surface area contributed by atoms with E-state index in [1.807, 2.05) is 19.0 Å². The van der Waals surface area contributed by atoms with Crippen LogP contribution in [-0.4, -0.2) is 47.7 Å². The molecule has 28 heavy (non-hydrogen) atoms. The van der Waals surface area contributed by atoms with Crippen LogP contribution in [0.1, 0.15) is 5.56 Å². The summed E-state index contributed by atoms with van der Waals surface area (Å²) in [6.45, 7) is -0.534. The normalized spacial score (nSPS) is 11.1. The molecule has 0 aliphatic carbocycles. The van der Waals surface area contributed by atoms with Crippen LogP contribution in [0.2, 0.25) is 0 Å². The van der Waals surface area contributed by atoms with E-state index in [9.17, 15) is 14.4 Å². The summed E-state index contributed by atoms with van der Waals surface area (Å²) in [5, 5.41) is 13.2. The summed E-state index contributed by atoms with van der Waals surface area (Å²) in [4.78, 5) is 40.0. The first-order valence-corrected chi connectivity index (χ1v) is 8.31. The van der Waals surface area contributed by atoms with Crippen LogP contribution < -0.4 is 20.9 Å². The smallest absolute Gasteiger partial charge is 0.349 e. The molecule has 0 amide bonds. The number of carboxylic acid groups (broad SMARTS) is 1. The highest BCUT2D eigenvalue weighted by Gasteiger charge is 2.09. The summed E-state index contributed by atoms with van der Waals surface area (Å²) in [5.41, 5.74) is 0.390. The molecule has 0 saturated carbocycles. The molecule has 9 heteroatoms. The third kappa shape index (κ3) is 3.93. The van der Waals surface area contributed by atoms with Gasteiger partial charge in [0, 0.05) is 31.4 Å². The predicted molar refractivity (Wildman–Crippen MR) is 106 cm³/mol. The van der Waals surface area contributed by atoms with Crippen LogP contribution in [0.4, 0.5) is 5.69 Å². The Morgan fingerprint density at radius 3 is 2.71 bits per heavy atom. The molecule has 144 valence electrons. The Morgan fingerprint density at radius 2 is 2.00 bits per heavy atom. The predicted octanol–water partition coefficient (Wildman–Crippen LogP) is 1.10. The maximum absolute atomic E-state index is 12.5. The molecule has 9 nitrogen and oxygen atoms in total. The first kappa shape index (κ1) is 18.9. The zero-order valence-corrected chi connectivity index (χ0v) is 15.2. The maximum Gasteiger partial charge on any atom is 0.349 e.